The van der Waals surface area contributed by atoms with Gasteiger partial charge in [0, 0.05) is 9.47 Å². The van der Waals surface area contributed by atoms with Crippen molar-refractivity contribution in [2.24, 2.45) is 0 Å². The molecule has 0 rings (SSSR count). The summed E-state index contributed by atoms with van der Waals surface area (Å²) in [6.07, 6.45) is 10.3. The summed E-state index contributed by atoms with van der Waals surface area (Å²) in [5, 5.41) is 0. The Labute approximate surface area is 114 Å². The third kappa shape index (κ3) is 12.3. The summed E-state index contributed by atoms with van der Waals surface area (Å²) in [7, 11) is 2.17. The van der Waals surface area contributed by atoms with Gasteiger partial charge in [0.1, 0.15) is 0 Å². The zero-order valence-electron chi connectivity index (χ0n) is 12.0. The molecule has 0 amide bonds. The van der Waals surface area contributed by atoms with Gasteiger partial charge in [-0.05, 0) is 13.3 Å². The number of hydrogen-bond acceptors (Lipinski definition) is 3. The topological polar surface area (TPSA) is 35.5 Å². The molecule has 0 aliphatic heterocycles. The van der Waals surface area contributed by atoms with Crippen LogP contribution in [0.2, 0.25) is 0 Å². The number of hydrogen-bond donors (Lipinski definition) is 0. The van der Waals surface area contributed by atoms with E-state index in [1.807, 2.05) is 6.92 Å². The lowest BCUT2D eigenvalue weighted by molar-refractivity contribution is -0.145. The molecule has 2 atom stereocenters. The van der Waals surface area contributed by atoms with Crippen LogP contribution in [0.5, 0.6) is 0 Å². The summed E-state index contributed by atoms with van der Waals surface area (Å²) in [6, 6.07) is 0. The van der Waals surface area contributed by atoms with Crippen LogP contribution in [-0.4, -0.2) is 18.7 Å². The summed E-state index contributed by atoms with van der Waals surface area (Å²) in [6.45, 7) is 4.64. The molecular formula is C14H29O3P. The Hall–Kier alpha value is -0.140. The quantitative estimate of drug-likeness (QED) is 0.303. The van der Waals surface area contributed by atoms with E-state index >= 15 is 0 Å². The SMILES string of the molecule is CCCCCCCCCCOC(=O)CC(C)OP. The van der Waals surface area contributed by atoms with Crippen molar-refractivity contribution in [3.8, 4) is 0 Å². The molecule has 0 fully saturated rings. The maximum Gasteiger partial charge on any atom is 0.308 e. The van der Waals surface area contributed by atoms with E-state index in [0.717, 1.165) is 12.8 Å². The van der Waals surface area contributed by atoms with Gasteiger partial charge in [0.15, 0.2) is 0 Å². The normalized spacial score (nSPS) is 12.4. The Morgan fingerprint density at radius 1 is 1.06 bits per heavy atom. The summed E-state index contributed by atoms with van der Waals surface area (Å²) in [5.74, 6) is -0.159. The van der Waals surface area contributed by atoms with E-state index in [1.165, 1.54) is 38.5 Å². The van der Waals surface area contributed by atoms with E-state index in [4.69, 9.17) is 9.26 Å². The molecule has 0 radical (unpaired) electrons. The van der Waals surface area contributed by atoms with Gasteiger partial charge in [-0.1, -0.05) is 51.9 Å². The molecular weight excluding hydrogens is 247 g/mol. The van der Waals surface area contributed by atoms with Crippen LogP contribution in [0.1, 0.15) is 71.6 Å². The Morgan fingerprint density at radius 3 is 2.17 bits per heavy atom. The highest BCUT2D eigenvalue weighted by Gasteiger charge is 2.08. The van der Waals surface area contributed by atoms with Crippen molar-refractivity contribution in [3.63, 3.8) is 0 Å². The summed E-state index contributed by atoms with van der Waals surface area (Å²) < 4.78 is 10.1. The minimum atomic E-state index is -0.159. The molecule has 0 aliphatic carbocycles. The van der Waals surface area contributed by atoms with Crippen LogP contribution >= 0.6 is 9.47 Å². The van der Waals surface area contributed by atoms with Crippen molar-refractivity contribution >= 4 is 15.4 Å². The second-order valence-corrected chi connectivity index (χ2v) is 5.12. The van der Waals surface area contributed by atoms with Crippen molar-refractivity contribution in [2.45, 2.75) is 77.7 Å². The predicted octanol–water partition coefficient (Wildman–Crippen LogP) is 4.26. The fraction of sp³-hybridized carbons (Fsp3) is 0.929. The highest BCUT2D eigenvalue weighted by atomic mass is 31.0. The highest BCUT2D eigenvalue weighted by Crippen LogP contribution is 2.09. The lowest BCUT2D eigenvalue weighted by Gasteiger charge is -2.08. The standard InChI is InChI=1S/C14H29O3P/c1-3-4-5-6-7-8-9-10-11-16-14(15)12-13(2)17-18/h13H,3-12,18H2,1-2H3. The molecule has 108 valence electrons. The molecule has 0 saturated heterocycles. The van der Waals surface area contributed by atoms with Gasteiger partial charge in [-0.3, -0.25) is 4.79 Å². The number of carbonyl (C=O) groups is 1. The van der Waals surface area contributed by atoms with Crippen LogP contribution in [-0.2, 0) is 14.1 Å². The van der Waals surface area contributed by atoms with Crippen LogP contribution in [0, 0.1) is 0 Å². The van der Waals surface area contributed by atoms with E-state index in [0.29, 0.717) is 13.0 Å². The molecule has 0 aromatic heterocycles. The molecule has 0 aromatic carbocycles. The van der Waals surface area contributed by atoms with Crippen LogP contribution in [0.15, 0.2) is 0 Å². The van der Waals surface area contributed by atoms with E-state index in [9.17, 15) is 4.79 Å². The molecule has 3 nitrogen and oxygen atoms in total. The number of esters is 1. The van der Waals surface area contributed by atoms with Gasteiger partial charge in [0.25, 0.3) is 0 Å². The molecule has 0 bridgehead atoms. The smallest absolute Gasteiger partial charge is 0.308 e. The molecule has 2 unspecified atom stereocenters. The van der Waals surface area contributed by atoms with Crippen molar-refractivity contribution in [1.82, 2.24) is 0 Å². The summed E-state index contributed by atoms with van der Waals surface area (Å²) in [5.41, 5.74) is 0. The predicted molar refractivity (Wildman–Crippen MR) is 78.4 cm³/mol. The fourth-order valence-corrected chi connectivity index (χ4v) is 1.86. The number of ether oxygens (including phenoxy) is 1. The Balaban J connectivity index is 3.17. The maximum absolute atomic E-state index is 11.3. The molecule has 0 aliphatic rings. The third-order valence-corrected chi connectivity index (χ3v) is 3.41. The second kappa shape index (κ2) is 13.3. The van der Waals surface area contributed by atoms with Crippen molar-refractivity contribution in [3.05, 3.63) is 0 Å². The molecule has 0 aromatic rings. The molecule has 0 N–H and O–H groups in total. The van der Waals surface area contributed by atoms with Crippen LogP contribution in [0.4, 0.5) is 0 Å². The Bertz CT molecular complexity index is 197. The van der Waals surface area contributed by atoms with Crippen molar-refractivity contribution in [1.29, 1.82) is 0 Å². The van der Waals surface area contributed by atoms with Crippen molar-refractivity contribution < 1.29 is 14.1 Å². The molecule has 18 heavy (non-hydrogen) atoms. The van der Waals surface area contributed by atoms with Gasteiger partial charge in [-0.15, -0.1) is 0 Å². The first-order valence-corrected chi connectivity index (χ1v) is 7.69. The maximum atomic E-state index is 11.3. The summed E-state index contributed by atoms with van der Waals surface area (Å²) in [4.78, 5) is 11.3. The minimum absolute atomic E-state index is 0.0823. The lowest BCUT2D eigenvalue weighted by Crippen LogP contribution is -2.13. The summed E-state index contributed by atoms with van der Waals surface area (Å²) >= 11 is 0. The third-order valence-electron chi connectivity index (χ3n) is 2.95. The largest absolute Gasteiger partial charge is 0.466 e. The van der Waals surface area contributed by atoms with Crippen LogP contribution in [0.25, 0.3) is 0 Å². The fourth-order valence-electron chi connectivity index (χ4n) is 1.76. The van der Waals surface area contributed by atoms with Gasteiger partial charge in [-0.2, -0.15) is 0 Å². The van der Waals surface area contributed by atoms with Crippen LogP contribution in [0.3, 0.4) is 0 Å². The average molecular weight is 276 g/mol. The first kappa shape index (κ1) is 17.9. The highest BCUT2D eigenvalue weighted by molar-refractivity contribution is 7.09. The van der Waals surface area contributed by atoms with E-state index in [-0.39, 0.29) is 12.1 Å². The van der Waals surface area contributed by atoms with Gasteiger partial charge in [-0.25, -0.2) is 0 Å². The monoisotopic (exact) mass is 276 g/mol. The Morgan fingerprint density at radius 2 is 1.61 bits per heavy atom. The molecule has 4 heteroatoms. The minimum Gasteiger partial charge on any atom is -0.466 e. The number of unbranched alkanes of at least 4 members (excludes halogenated alkanes) is 7. The Kier molecular flexibility index (Phi) is 13.2. The van der Waals surface area contributed by atoms with Crippen LogP contribution < -0.4 is 0 Å². The van der Waals surface area contributed by atoms with E-state index in [1.54, 1.807) is 0 Å². The van der Waals surface area contributed by atoms with E-state index < -0.39 is 0 Å². The number of rotatable bonds is 12. The first-order chi connectivity index (χ1) is 8.70. The van der Waals surface area contributed by atoms with Gasteiger partial charge < -0.3 is 9.26 Å². The van der Waals surface area contributed by atoms with Crippen molar-refractivity contribution in [2.75, 3.05) is 6.61 Å². The molecule has 0 spiro atoms. The first-order valence-electron chi connectivity index (χ1n) is 7.21. The van der Waals surface area contributed by atoms with Gasteiger partial charge in [0.05, 0.1) is 19.1 Å². The molecule has 0 heterocycles. The zero-order valence-corrected chi connectivity index (χ0v) is 13.1. The zero-order chi connectivity index (χ0) is 13.6. The van der Waals surface area contributed by atoms with E-state index in [2.05, 4.69) is 16.4 Å². The lowest BCUT2D eigenvalue weighted by atomic mass is 10.1. The van der Waals surface area contributed by atoms with Gasteiger partial charge in [0.2, 0.25) is 0 Å². The number of carbonyl (C=O) groups excluding carboxylic acids is 1. The second-order valence-electron chi connectivity index (χ2n) is 4.85. The average Bonchev–Trinajstić information content (AvgIpc) is 2.36. The van der Waals surface area contributed by atoms with Gasteiger partial charge >= 0.3 is 5.97 Å². The molecule has 0 saturated carbocycles.